The van der Waals surface area contributed by atoms with Crippen LogP contribution >= 0.6 is 0 Å². The molecule has 1 fully saturated rings. The van der Waals surface area contributed by atoms with Gasteiger partial charge in [-0.05, 0) is 43.5 Å². The fourth-order valence-corrected chi connectivity index (χ4v) is 3.04. The van der Waals surface area contributed by atoms with E-state index in [0.717, 1.165) is 30.6 Å². The standard InChI is InChI=1S/C16H24N2O3/c1-2-18-16(15(17)20)8-4-7-14(10-16)21-13-6-3-5-12(9-13)11-19/h3,5-6,9,14,18-19H,2,4,7-8,10-11H2,1H3,(H2,17,20). The minimum Gasteiger partial charge on any atom is -0.490 e. The van der Waals surface area contributed by atoms with Crippen molar-refractivity contribution in [2.75, 3.05) is 6.54 Å². The number of nitrogens with two attached hydrogens (primary N) is 1. The first-order chi connectivity index (χ1) is 10.1. The van der Waals surface area contributed by atoms with Crippen molar-refractivity contribution < 1.29 is 14.6 Å². The monoisotopic (exact) mass is 292 g/mol. The summed E-state index contributed by atoms with van der Waals surface area (Å²) in [5, 5.41) is 12.4. The van der Waals surface area contributed by atoms with Gasteiger partial charge in [0.2, 0.25) is 5.91 Å². The second kappa shape index (κ2) is 6.91. The maximum Gasteiger partial charge on any atom is 0.237 e. The summed E-state index contributed by atoms with van der Waals surface area (Å²) in [5.41, 5.74) is 5.75. The molecule has 0 radical (unpaired) electrons. The smallest absolute Gasteiger partial charge is 0.237 e. The third-order valence-electron chi connectivity index (χ3n) is 4.08. The number of aliphatic hydroxyl groups is 1. The van der Waals surface area contributed by atoms with Crippen molar-refractivity contribution in [3.8, 4) is 5.75 Å². The molecule has 116 valence electrons. The van der Waals surface area contributed by atoms with Crippen LogP contribution in [0.5, 0.6) is 5.75 Å². The predicted molar refractivity (Wildman–Crippen MR) is 80.9 cm³/mol. The quantitative estimate of drug-likeness (QED) is 0.738. The van der Waals surface area contributed by atoms with Gasteiger partial charge in [0, 0.05) is 6.42 Å². The fraction of sp³-hybridized carbons (Fsp3) is 0.562. The Balaban J connectivity index is 2.08. The molecule has 1 aromatic carbocycles. The van der Waals surface area contributed by atoms with Crippen molar-refractivity contribution in [1.82, 2.24) is 5.32 Å². The largest absolute Gasteiger partial charge is 0.490 e. The summed E-state index contributed by atoms with van der Waals surface area (Å²) in [6.07, 6.45) is 3.11. The van der Waals surface area contributed by atoms with Crippen LogP contribution in [0.2, 0.25) is 0 Å². The number of likely N-dealkylation sites (N-methyl/N-ethyl adjacent to an activating group) is 1. The molecule has 0 saturated heterocycles. The maximum atomic E-state index is 11.8. The summed E-state index contributed by atoms with van der Waals surface area (Å²) in [6, 6.07) is 7.40. The zero-order chi connectivity index (χ0) is 15.3. The molecule has 0 aromatic heterocycles. The molecular weight excluding hydrogens is 268 g/mol. The number of aliphatic hydroxyl groups excluding tert-OH is 1. The van der Waals surface area contributed by atoms with Gasteiger partial charge in [-0.1, -0.05) is 19.1 Å². The van der Waals surface area contributed by atoms with E-state index in [2.05, 4.69) is 5.32 Å². The molecule has 2 unspecified atom stereocenters. The second-order valence-corrected chi connectivity index (χ2v) is 5.62. The lowest BCUT2D eigenvalue weighted by Crippen LogP contribution is -2.59. The van der Waals surface area contributed by atoms with E-state index in [0.29, 0.717) is 13.0 Å². The van der Waals surface area contributed by atoms with Crippen molar-refractivity contribution in [3.63, 3.8) is 0 Å². The zero-order valence-electron chi connectivity index (χ0n) is 12.5. The number of ether oxygens (including phenoxy) is 1. The van der Waals surface area contributed by atoms with Crippen LogP contribution in [0.25, 0.3) is 0 Å². The molecule has 5 nitrogen and oxygen atoms in total. The summed E-state index contributed by atoms with van der Waals surface area (Å²) >= 11 is 0. The van der Waals surface area contributed by atoms with Crippen LogP contribution in [0.3, 0.4) is 0 Å². The Morgan fingerprint density at radius 1 is 1.57 bits per heavy atom. The first-order valence-electron chi connectivity index (χ1n) is 7.51. The second-order valence-electron chi connectivity index (χ2n) is 5.62. The maximum absolute atomic E-state index is 11.8. The van der Waals surface area contributed by atoms with Crippen molar-refractivity contribution in [1.29, 1.82) is 0 Å². The van der Waals surface area contributed by atoms with Gasteiger partial charge in [-0.15, -0.1) is 0 Å². The number of nitrogens with one attached hydrogen (secondary N) is 1. The van der Waals surface area contributed by atoms with Crippen LogP contribution in [0.15, 0.2) is 24.3 Å². The number of hydrogen-bond donors (Lipinski definition) is 3. The number of primary amides is 1. The predicted octanol–water partition coefficient (Wildman–Crippen LogP) is 1.33. The highest BCUT2D eigenvalue weighted by Crippen LogP contribution is 2.31. The molecule has 0 spiro atoms. The van der Waals surface area contributed by atoms with Gasteiger partial charge >= 0.3 is 0 Å². The highest BCUT2D eigenvalue weighted by Gasteiger charge is 2.41. The molecule has 1 aliphatic rings. The fourth-order valence-electron chi connectivity index (χ4n) is 3.04. The lowest BCUT2D eigenvalue weighted by molar-refractivity contribution is -0.127. The Hall–Kier alpha value is -1.59. The van der Waals surface area contributed by atoms with E-state index in [4.69, 9.17) is 15.6 Å². The lowest BCUT2D eigenvalue weighted by atomic mass is 9.79. The first-order valence-corrected chi connectivity index (χ1v) is 7.51. The minimum absolute atomic E-state index is 0.00944. The molecule has 1 aliphatic carbocycles. The SMILES string of the molecule is CCNC1(C(N)=O)CCCC(Oc2cccc(CO)c2)C1. The lowest BCUT2D eigenvalue weighted by Gasteiger charge is -2.39. The first kappa shape index (κ1) is 15.8. The highest BCUT2D eigenvalue weighted by molar-refractivity contribution is 5.84. The molecule has 0 bridgehead atoms. The van der Waals surface area contributed by atoms with Crippen LogP contribution in [0.4, 0.5) is 0 Å². The number of rotatable bonds is 6. The average molecular weight is 292 g/mol. The Morgan fingerprint density at radius 3 is 3.05 bits per heavy atom. The summed E-state index contributed by atoms with van der Waals surface area (Å²) in [7, 11) is 0. The van der Waals surface area contributed by atoms with Gasteiger partial charge in [-0.25, -0.2) is 0 Å². The van der Waals surface area contributed by atoms with Crippen molar-refractivity contribution in [3.05, 3.63) is 29.8 Å². The van der Waals surface area contributed by atoms with E-state index >= 15 is 0 Å². The van der Waals surface area contributed by atoms with Gasteiger partial charge in [0.25, 0.3) is 0 Å². The molecule has 21 heavy (non-hydrogen) atoms. The molecule has 5 heteroatoms. The summed E-state index contributed by atoms with van der Waals surface area (Å²) in [4.78, 5) is 11.8. The van der Waals surface area contributed by atoms with Gasteiger partial charge in [-0.2, -0.15) is 0 Å². The van der Waals surface area contributed by atoms with E-state index in [-0.39, 0.29) is 18.6 Å². The van der Waals surface area contributed by atoms with Gasteiger partial charge < -0.3 is 20.9 Å². The number of carbonyl (C=O) groups excluding carboxylic acids is 1. The molecule has 2 rings (SSSR count). The number of benzene rings is 1. The van der Waals surface area contributed by atoms with Gasteiger partial charge in [-0.3, -0.25) is 4.79 Å². The number of carbonyl (C=O) groups is 1. The Morgan fingerprint density at radius 2 is 2.38 bits per heavy atom. The topological polar surface area (TPSA) is 84.6 Å². The van der Waals surface area contributed by atoms with Gasteiger partial charge in [0.1, 0.15) is 17.4 Å². The van der Waals surface area contributed by atoms with E-state index in [9.17, 15) is 4.79 Å². The zero-order valence-corrected chi connectivity index (χ0v) is 12.5. The highest BCUT2D eigenvalue weighted by atomic mass is 16.5. The molecule has 1 saturated carbocycles. The molecule has 0 heterocycles. The Labute approximate surface area is 125 Å². The van der Waals surface area contributed by atoms with Crippen molar-refractivity contribution >= 4 is 5.91 Å². The summed E-state index contributed by atoms with van der Waals surface area (Å²) < 4.78 is 5.99. The minimum atomic E-state index is -0.660. The van der Waals surface area contributed by atoms with Crippen LogP contribution < -0.4 is 15.8 Å². The van der Waals surface area contributed by atoms with E-state index in [1.807, 2.05) is 31.2 Å². The van der Waals surface area contributed by atoms with Gasteiger partial charge in [0.15, 0.2) is 0 Å². The Kier molecular flexibility index (Phi) is 5.20. The summed E-state index contributed by atoms with van der Waals surface area (Å²) in [6.45, 7) is 2.67. The normalized spacial score (nSPS) is 25.5. The molecule has 0 aliphatic heterocycles. The molecule has 1 aromatic rings. The molecule has 2 atom stereocenters. The third kappa shape index (κ3) is 3.74. The molecular formula is C16H24N2O3. The van der Waals surface area contributed by atoms with E-state index in [1.54, 1.807) is 0 Å². The molecule has 1 amide bonds. The van der Waals surface area contributed by atoms with E-state index in [1.165, 1.54) is 0 Å². The van der Waals surface area contributed by atoms with Crippen molar-refractivity contribution in [2.45, 2.75) is 50.9 Å². The average Bonchev–Trinajstić information content (AvgIpc) is 2.48. The van der Waals surface area contributed by atoms with Crippen molar-refractivity contribution in [2.24, 2.45) is 5.73 Å². The number of hydrogen-bond acceptors (Lipinski definition) is 4. The number of amides is 1. The van der Waals surface area contributed by atoms with E-state index < -0.39 is 5.54 Å². The van der Waals surface area contributed by atoms with Gasteiger partial charge in [0.05, 0.1) is 6.61 Å². The van der Waals surface area contributed by atoms with Crippen LogP contribution in [-0.4, -0.2) is 29.2 Å². The summed E-state index contributed by atoms with van der Waals surface area (Å²) in [5.74, 6) is 0.421. The third-order valence-corrected chi connectivity index (χ3v) is 4.08. The Bertz CT molecular complexity index is 488. The molecule has 4 N–H and O–H groups in total. The van der Waals surface area contributed by atoms with Crippen LogP contribution in [0.1, 0.15) is 38.2 Å². The van der Waals surface area contributed by atoms with Crippen LogP contribution in [0, 0.1) is 0 Å². The van der Waals surface area contributed by atoms with Crippen LogP contribution in [-0.2, 0) is 11.4 Å².